The summed E-state index contributed by atoms with van der Waals surface area (Å²) in [7, 11) is -3.29. The lowest BCUT2D eigenvalue weighted by atomic mass is 9.87. The number of ether oxygens (including phenoxy) is 1. The maximum Gasteiger partial charge on any atom is 0.407 e. The van der Waals surface area contributed by atoms with Crippen molar-refractivity contribution >= 4 is 16.1 Å². The van der Waals surface area contributed by atoms with Gasteiger partial charge < -0.3 is 10.1 Å². The highest BCUT2D eigenvalue weighted by Gasteiger charge is 2.29. The maximum absolute atomic E-state index is 11.8. The Morgan fingerprint density at radius 1 is 1.15 bits per heavy atom. The van der Waals surface area contributed by atoms with E-state index in [2.05, 4.69) is 10.0 Å². The SMILES string of the molecule is CCS(=O)(=O)NCC(NC(=O)OC(C)(C)C)C(C)(C)C. The van der Waals surface area contributed by atoms with Crippen LogP contribution in [0, 0.1) is 5.41 Å². The predicted molar refractivity (Wildman–Crippen MR) is 80.1 cm³/mol. The number of sulfonamides is 1. The van der Waals surface area contributed by atoms with Crippen LogP contribution in [-0.4, -0.2) is 38.5 Å². The van der Waals surface area contributed by atoms with E-state index in [0.29, 0.717) is 0 Å². The molecule has 6 nitrogen and oxygen atoms in total. The first-order valence-corrected chi connectivity index (χ1v) is 8.39. The Morgan fingerprint density at radius 2 is 1.65 bits per heavy atom. The fourth-order valence-corrected chi connectivity index (χ4v) is 1.96. The van der Waals surface area contributed by atoms with Gasteiger partial charge in [0.15, 0.2) is 0 Å². The molecule has 0 saturated heterocycles. The van der Waals surface area contributed by atoms with Gasteiger partial charge in [-0.15, -0.1) is 0 Å². The second kappa shape index (κ2) is 6.76. The summed E-state index contributed by atoms with van der Waals surface area (Å²) in [5.41, 5.74) is -0.886. The van der Waals surface area contributed by atoms with Gasteiger partial charge in [-0.05, 0) is 33.1 Å². The molecular weight excluding hydrogens is 280 g/mol. The second-order valence-electron chi connectivity index (χ2n) is 6.82. The molecule has 0 rings (SSSR count). The van der Waals surface area contributed by atoms with Crippen LogP contribution in [0.5, 0.6) is 0 Å². The van der Waals surface area contributed by atoms with Crippen LogP contribution >= 0.6 is 0 Å². The smallest absolute Gasteiger partial charge is 0.407 e. The van der Waals surface area contributed by atoms with E-state index in [1.807, 2.05) is 20.8 Å². The van der Waals surface area contributed by atoms with Crippen LogP contribution < -0.4 is 10.0 Å². The Labute approximate surface area is 122 Å². The molecule has 0 aromatic rings. The van der Waals surface area contributed by atoms with Crippen molar-refractivity contribution in [1.82, 2.24) is 10.0 Å². The van der Waals surface area contributed by atoms with Crippen molar-refractivity contribution < 1.29 is 17.9 Å². The van der Waals surface area contributed by atoms with Gasteiger partial charge in [0.1, 0.15) is 5.60 Å². The normalized spacial score (nSPS) is 14.8. The lowest BCUT2D eigenvalue weighted by Gasteiger charge is -2.32. The summed E-state index contributed by atoms with van der Waals surface area (Å²) in [5.74, 6) is 0.0102. The molecule has 0 aliphatic rings. The molecule has 0 fully saturated rings. The largest absolute Gasteiger partial charge is 0.444 e. The number of rotatable bonds is 5. The Morgan fingerprint density at radius 3 is 2.00 bits per heavy atom. The van der Waals surface area contributed by atoms with Crippen molar-refractivity contribution in [3.8, 4) is 0 Å². The fraction of sp³-hybridized carbons (Fsp3) is 0.923. The van der Waals surface area contributed by atoms with Crippen molar-refractivity contribution in [2.45, 2.75) is 60.1 Å². The van der Waals surface area contributed by atoms with Crippen molar-refractivity contribution in [1.29, 1.82) is 0 Å². The first-order valence-electron chi connectivity index (χ1n) is 6.73. The third-order valence-electron chi connectivity index (χ3n) is 2.62. The Hall–Kier alpha value is -0.820. The van der Waals surface area contributed by atoms with Gasteiger partial charge in [0.05, 0.1) is 11.8 Å². The lowest BCUT2D eigenvalue weighted by Crippen LogP contribution is -2.51. The molecule has 1 unspecified atom stereocenters. The van der Waals surface area contributed by atoms with Gasteiger partial charge >= 0.3 is 6.09 Å². The molecule has 1 amide bonds. The van der Waals surface area contributed by atoms with Crippen molar-refractivity contribution in [3.63, 3.8) is 0 Å². The summed E-state index contributed by atoms with van der Waals surface area (Å²) in [6, 6.07) is -0.362. The highest BCUT2D eigenvalue weighted by Crippen LogP contribution is 2.19. The van der Waals surface area contributed by atoms with Crippen molar-refractivity contribution in [2.24, 2.45) is 5.41 Å². The van der Waals surface area contributed by atoms with Crippen LogP contribution in [0.3, 0.4) is 0 Å². The minimum absolute atomic E-state index is 0.0102. The van der Waals surface area contributed by atoms with Gasteiger partial charge in [-0.25, -0.2) is 17.9 Å². The molecule has 1 atom stereocenters. The third-order valence-corrected chi connectivity index (χ3v) is 3.99. The predicted octanol–water partition coefficient (Wildman–Crippen LogP) is 1.87. The first kappa shape index (κ1) is 19.2. The van der Waals surface area contributed by atoms with Gasteiger partial charge in [-0.3, -0.25) is 0 Å². The number of hydrogen-bond acceptors (Lipinski definition) is 4. The molecular formula is C13H28N2O4S. The average Bonchev–Trinajstić information content (AvgIpc) is 2.20. The number of hydrogen-bond donors (Lipinski definition) is 2. The van der Waals surface area contributed by atoms with E-state index < -0.39 is 21.7 Å². The van der Waals surface area contributed by atoms with E-state index in [0.717, 1.165) is 0 Å². The highest BCUT2D eigenvalue weighted by atomic mass is 32.2. The van der Waals surface area contributed by atoms with Gasteiger partial charge in [-0.1, -0.05) is 20.8 Å². The van der Waals surface area contributed by atoms with E-state index >= 15 is 0 Å². The molecule has 0 saturated carbocycles. The van der Waals surface area contributed by atoms with Crippen LogP contribution in [0.4, 0.5) is 4.79 Å². The summed E-state index contributed by atoms with van der Waals surface area (Å²) in [4.78, 5) is 11.8. The molecule has 2 N–H and O–H groups in total. The summed E-state index contributed by atoms with van der Waals surface area (Å²) < 4.78 is 30.7. The zero-order chi connectivity index (χ0) is 16.2. The van der Waals surface area contributed by atoms with Crippen LogP contribution in [0.2, 0.25) is 0 Å². The Balaban J connectivity index is 4.73. The summed E-state index contributed by atoms with van der Waals surface area (Å²) in [6.07, 6.45) is -0.548. The molecule has 0 aromatic heterocycles. The standard InChI is InChI=1S/C13H28N2O4S/c1-8-20(17,18)14-9-10(12(2,3)4)15-11(16)19-13(5,6)7/h10,14H,8-9H2,1-7H3,(H,15,16). The molecule has 20 heavy (non-hydrogen) atoms. The number of amides is 1. The third kappa shape index (κ3) is 8.37. The van der Waals surface area contributed by atoms with Gasteiger partial charge in [0, 0.05) is 6.54 Å². The molecule has 0 bridgehead atoms. The van der Waals surface area contributed by atoms with E-state index in [-0.39, 0.29) is 23.8 Å². The first-order chi connectivity index (χ1) is 8.77. The second-order valence-corrected chi connectivity index (χ2v) is 8.91. The molecule has 0 spiro atoms. The topological polar surface area (TPSA) is 84.5 Å². The zero-order valence-corrected chi connectivity index (χ0v) is 14.3. The quantitative estimate of drug-likeness (QED) is 0.812. The highest BCUT2D eigenvalue weighted by molar-refractivity contribution is 7.89. The van der Waals surface area contributed by atoms with E-state index in [1.165, 1.54) is 0 Å². The van der Waals surface area contributed by atoms with E-state index in [4.69, 9.17) is 4.74 Å². The van der Waals surface area contributed by atoms with E-state index in [9.17, 15) is 13.2 Å². The minimum Gasteiger partial charge on any atom is -0.444 e. The van der Waals surface area contributed by atoms with Gasteiger partial charge in [0.25, 0.3) is 0 Å². The van der Waals surface area contributed by atoms with Crippen molar-refractivity contribution in [3.05, 3.63) is 0 Å². The molecule has 0 radical (unpaired) electrons. The van der Waals surface area contributed by atoms with Crippen LogP contribution in [-0.2, 0) is 14.8 Å². The number of nitrogens with one attached hydrogen (secondary N) is 2. The van der Waals surface area contributed by atoms with Gasteiger partial charge in [0.2, 0.25) is 10.0 Å². The summed E-state index contributed by atoms with van der Waals surface area (Å²) in [5, 5.41) is 2.72. The molecule has 0 aliphatic carbocycles. The Bertz CT molecular complexity index is 419. The molecule has 7 heteroatoms. The maximum atomic E-state index is 11.8. The molecule has 0 aromatic carbocycles. The lowest BCUT2D eigenvalue weighted by molar-refractivity contribution is 0.0466. The minimum atomic E-state index is -3.29. The van der Waals surface area contributed by atoms with E-state index in [1.54, 1.807) is 27.7 Å². The van der Waals surface area contributed by atoms with Crippen LogP contribution in [0.25, 0.3) is 0 Å². The number of carbonyl (C=O) groups excluding carboxylic acids is 1. The molecule has 0 heterocycles. The number of carbonyl (C=O) groups is 1. The molecule has 120 valence electrons. The summed E-state index contributed by atoms with van der Waals surface area (Å²) >= 11 is 0. The summed E-state index contributed by atoms with van der Waals surface area (Å²) in [6.45, 7) is 12.8. The van der Waals surface area contributed by atoms with Crippen LogP contribution in [0.1, 0.15) is 48.5 Å². The number of alkyl carbamates (subject to hydrolysis) is 1. The average molecular weight is 308 g/mol. The molecule has 0 aliphatic heterocycles. The monoisotopic (exact) mass is 308 g/mol. The van der Waals surface area contributed by atoms with Crippen LogP contribution in [0.15, 0.2) is 0 Å². The zero-order valence-electron chi connectivity index (χ0n) is 13.5. The fourth-order valence-electron chi connectivity index (χ4n) is 1.34. The Kier molecular flexibility index (Phi) is 6.48. The van der Waals surface area contributed by atoms with Gasteiger partial charge in [-0.2, -0.15) is 0 Å². The van der Waals surface area contributed by atoms with Crippen molar-refractivity contribution in [2.75, 3.05) is 12.3 Å².